The van der Waals surface area contributed by atoms with E-state index >= 15 is 0 Å². The lowest BCUT2D eigenvalue weighted by Crippen LogP contribution is -2.30. The smallest absolute Gasteiger partial charge is 0.220 e. The molecule has 0 aromatic heterocycles. The summed E-state index contributed by atoms with van der Waals surface area (Å²) in [5, 5.41) is 6.55. The Labute approximate surface area is 227 Å². The predicted molar refractivity (Wildman–Crippen MR) is 148 cm³/mol. The second-order valence-electron chi connectivity index (χ2n) is 10.7. The lowest BCUT2D eigenvalue weighted by atomic mass is 9.92. The molecule has 0 bridgehead atoms. The lowest BCUT2D eigenvalue weighted by molar-refractivity contribution is -0.119. The van der Waals surface area contributed by atoms with E-state index in [2.05, 4.69) is 54.8 Å². The zero-order valence-electron chi connectivity index (χ0n) is 22.2. The van der Waals surface area contributed by atoms with Crippen LogP contribution < -0.4 is 30.6 Å². The number of carbonyl (C=O) groups is 2. The van der Waals surface area contributed by atoms with E-state index in [0.29, 0.717) is 26.2 Å². The number of anilines is 1. The maximum Gasteiger partial charge on any atom is 0.220 e. The summed E-state index contributed by atoms with van der Waals surface area (Å²) < 4.78 is 18.1. The maximum atomic E-state index is 11.5. The first-order valence-electron chi connectivity index (χ1n) is 13.5. The van der Waals surface area contributed by atoms with Crippen LogP contribution in [0.2, 0.25) is 0 Å². The summed E-state index contributed by atoms with van der Waals surface area (Å²) in [5.41, 5.74) is 12.9. The number of nitrogens with one attached hydrogen (secondary N) is 2. The van der Waals surface area contributed by atoms with E-state index < -0.39 is 0 Å². The van der Waals surface area contributed by atoms with Crippen molar-refractivity contribution in [3.63, 3.8) is 0 Å². The highest BCUT2D eigenvalue weighted by atomic mass is 16.5. The number of benzene rings is 3. The minimum Gasteiger partial charge on any atom is -0.493 e. The number of para-hydroxylation sites is 1. The van der Waals surface area contributed by atoms with Crippen molar-refractivity contribution in [2.45, 2.75) is 51.1 Å². The SMILES string of the molecule is Cc1cc(OCC2CCC(=O)N2)cc(C)c1-c1cccc2c1OCC2Nc1ccc2c(c1)OCC2CC(N)=O. The molecule has 3 heterocycles. The Balaban J connectivity index is 1.20. The quantitative estimate of drug-likeness (QED) is 0.397. The highest BCUT2D eigenvalue weighted by molar-refractivity contribution is 5.80. The van der Waals surface area contributed by atoms with Gasteiger partial charge in [0, 0.05) is 47.2 Å². The third-order valence-corrected chi connectivity index (χ3v) is 7.81. The van der Waals surface area contributed by atoms with Gasteiger partial charge in [-0.3, -0.25) is 9.59 Å². The van der Waals surface area contributed by atoms with Crippen molar-refractivity contribution in [1.82, 2.24) is 5.32 Å². The molecule has 3 aliphatic heterocycles. The summed E-state index contributed by atoms with van der Waals surface area (Å²) in [6.07, 6.45) is 1.67. The number of aryl methyl sites for hydroxylation is 2. The molecule has 3 unspecified atom stereocenters. The molecule has 8 heteroatoms. The second kappa shape index (κ2) is 10.2. The van der Waals surface area contributed by atoms with E-state index in [4.69, 9.17) is 19.9 Å². The van der Waals surface area contributed by atoms with E-state index in [0.717, 1.165) is 62.7 Å². The van der Waals surface area contributed by atoms with E-state index in [-0.39, 0.29) is 36.2 Å². The van der Waals surface area contributed by atoms with Crippen LogP contribution in [0.1, 0.15) is 53.5 Å². The summed E-state index contributed by atoms with van der Waals surface area (Å²) in [4.78, 5) is 22.9. The zero-order valence-corrected chi connectivity index (χ0v) is 22.2. The number of amides is 2. The Morgan fingerprint density at radius 2 is 1.90 bits per heavy atom. The van der Waals surface area contributed by atoms with Crippen molar-refractivity contribution in [2.75, 3.05) is 25.1 Å². The van der Waals surface area contributed by atoms with Crippen molar-refractivity contribution in [1.29, 1.82) is 0 Å². The van der Waals surface area contributed by atoms with Crippen LogP contribution in [0, 0.1) is 13.8 Å². The van der Waals surface area contributed by atoms with Crippen molar-refractivity contribution in [3.05, 3.63) is 70.8 Å². The maximum absolute atomic E-state index is 11.5. The van der Waals surface area contributed by atoms with Crippen LogP contribution in [0.3, 0.4) is 0 Å². The summed E-state index contributed by atoms with van der Waals surface area (Å²) >= 11 is 0. The molecule has 202 valence electrons. The minimum absolute atomic E-state index is 0.00865. The van der Waals surface area contributed by atoms with E-state index in [1.165, 1.54) is 0 Å². The molecule has 0 aliphatic carbocycles. The van der Waals surface area contributed by atoms with Gasteiger partial charge in [-0.15, -0.1) is 0 Å². The number of fused-ring (bicyclic) bond motifs is 2. The van der Waals surface area contributed by atoms with Gasteiger partial charge < -0.3 is 30.6 Å². The van der Waals surface area contributed by atoms with Crippen LogP contribution in [0.4, 0.5) is 5.69 Å². The Bertz CT molecular complexity index is 1430. The number of nitrogens with two attached hydrogens (primary N) is 1. The molecule has 8 nitrogen and oxygen atoms in total. The van der Waals surface area contributed by atoms with Crippen LogP contribution in [-0.2, 0) is 9.59 Å². The Hall–Kier alpha value is -4.20. The first kappa shape index (κ1) is 25.1. The van der Waals surface area contributed by atoms with Crippen LogP contribution in [-0.4, -0.2) is 37.7 Å². The molecular weight excluding hydrogens is 494 g/mol. The molecule has 1 saturated heterocycles. The molecule has 0 spiro atoms. The molecule has 1 fully saturated rings. The molecule has 4 N–H and O–H groups in total. The summed E-state index contributed by atoms with van der Waals surface area (Å²) in [6, 6.07) is 16.5. The van der Waals surface area contributed by atoms with Crippen LogP contribution in [0.25, 0.3) is 11.1 Å². The zero-order chi connectivity index (χ0) is 27.1. The fraction of sp³-hybridized carbons (Fsp3) is 0.355. The number of rotatable bonds is 8. The highest BCUT2D eigenvalue weighted by Crippen LogP contribution is 2.45. The molecule has 3 aromatic carbocycles. The minimum atomic E-state index is -0.319. The molecular formula is C31H33N3O5. The predicted octanol–water partition coefficient (Wildman–Crippen LogP) is 4.52. The molecule has 0 radical (unpaired) electrons. The standard InChI is InChI=1S/C31H33N3O5/c1-17-10-22(37-15-21-7-9-29(36)34-21)11-18(2)30(17)25-5-3-4-24-26(16-39-31(24)25)33-20-6-8-23-19(12-28(32)35)14-38-27(23)13-20/h3-6,8,10-11,13,19,21,26,33H,7,9,12,14-16H2,1-2H3,(H2,32,35)(H,34,36). The molecule has 3 atom stereocenters. The van der Waals surface area contributed by atoms with Crippen LogP contribution >= 0.6 is 0 Å². The number of hydrogen-bond donors (Lipinski definition) is 3. The molecule has 6 rings (SSSR count). The normalized spacial score (nSPS) is 21.0. The van der Waals surface area contributed by atoms with E-state index in [1.807, 2.05) is 18.2 Å². The highest BCUT2D eigenvalue weighted by Gasteiger charge is 2.30. The van der Waals surface area contributed by atoms with Gasteiger partial charge >= 0.3 is 0 Å². The topological polar surface area (TPSA) is 112 Å². The molecule has 3 aromatic rings. The van der Waals surface area contributed by atoms with Gasteiger partial charge in [-0.05, 0) is 55.2 Å². The van der Waals surface area contributed by atoms with Crippen molar-refractivity contribution >= 4 is 17.5 Å². The number of ether oxygens (including phenoxy) is 3. The summed E-state index contributed by atoms with van der Waals surface area (Å²) in [6.45, 7) is 5.64. The first-order valence-corrected chi connectivity index (χ1v) is 13.5. The fourth-order valence-electron chi connectivity index (χ4n) is 5.97. The average molecular weight is 528 g/mol. The average Bonchev–Trinajstić information content (AvgIpc) is 3.61. The Morgan fingerprint density at radius 3 is 2.64 bits per heavy atom. The third kappa shape index (κ3) is 4.99. The van der Waals surface area contributed by atoms with E-state index in [1.54, 1.807) is 0 Å². The monoisotopic (exact) mass is 527 g/mol. The van der Waals surface area contributed by atoms with Gasteiger partial charge in [0.05, 0.1) is 18.7 Å². The van der Waals surface area contributed by atoms with Gasteiger partial charge in [-0.25, -0.2) is 0 Å². The fourth-order valence-corrected chi connectivity index (χ4v) is 5.97. The second-order valence-corrected chi connectivity index (χ2v) is 10.7. The van der Waals surface area contributed by atoms with Crippen molar-refractivity contribution < 1.29 is 23.8 Å². The molecule has 39 heavy (non-hydrogen) atoms. The Kier molecular flexibility index (Phi) is 6.54. The van der Waals surface area contributed by atoms with Gasteiger partial charge in [-0.2, -0.15) is 0 Å². The Morgan fingerprint density at radius 1 is 1.08 bits per heavy atom. The third-order valence-electron chi connectivity index (χ3n) is 7.81. The van der Waals surface area contributed by atoms with Gasteiger partial charge in [0.2, 0.25) is 11.8 Å². The van der Waals surface area contributed by atoms with Crippen LogP contribution in [0.5, 0.6) is 17.2 Å². The molecule has 2 amide bonds. The lowest BCUT2D eigenvalue weighted by Gasteiger charge is -2.18. The van der Waals surface area contributed by atoms with Crippen LogP contribution in [0.15, 0.2) is 48.5 Å². The molecule has 3 aliphatic rings. The van der Waals surface area contributed by atoms with Crippen molar-refractivity contribution in [3.8, 4) is 28.4 Å². The first-order chi connectivity index (χ1) is 18.9. The van der Waals surface area contributed by atoms with E-state index in [9.17, 15) is 9.59 Å². The molecule has 0 saturated carbocycles. The largest absolute Gasteiger partial charge is 0.493 e. The number of carbonyl (C=O) groups excluding carboxylic acids is 2. The van der Waals surface area contributed by atoms with Crippen molar-refractivity contribution in [2.24, 2.45) is 5.73 Å². The van der Waals surface area contributed by atoms with Gasteiger partial charge in [0.15, 0.2) is 0 Å². The summed E-state index contributed by atoms with van der Waals surface area (Å²) in [5.74, 6) is 2.28. The van der Waals surface area contributed by atoms with Gasteiger partial charge in [0.25, 0.3) is 0 Å². The summed E-state index contributed by atoms with van der Waals surface area (Å²) in [7, 11) is 0. The number of primary amides is 1. The van der Waals surface area contributed by atoms with Gasteiger partial charge in [0.1, 0.15) is 30.5 Å². The van der Waals surface area contributed by atoms with Gasteiger partial charge in [-0.1, -0.05) is 24.3 Å². The number of hydrogen-bond acceptors (Lipinski definition) is 6.